The number of anilines is 1. The molecule has 0 saturated heterocycles. The second kappa shape index (κ2) is 5.59. The van der Waals surface area contributed by atoms with Gasteiger partial charge in [-0.1, -0.05) is 6.07 Å². The third-order valence-electron chi connectivity index (χ3n) is 3.95. The summed E-state index contributed by atoms with van der Waals surface area (Å²) in [5.74, 6) is -0.875. The zero-order chi connectivity index (χ0) is 16.4. The average Bonchev–Trinajstić information content (AvgIpc) is 2.36. The van der Waals surface area contributed by atoms with Crippen molar-refractivity contribution in [1.29, 1.82) is 0 Å². The molecule has 0 aromatic heterocycles. The molecule has 116 valence electrons. The molecule has 0 aliphatic heterocycles. The van der Waals surface area contributed by atoms with Crippen molar-refractivity contribution in [3.05, 3.63) is 28.3 Å². The molecule has 7 heteroatoms. The molecule has 0 amide bonds. The largest absolute Gasteiger partial charge is 0.490 e. The van der Waals surface area contributed by atoms with Gasteiger partial charge in [0.25, 0.3) is 0 Å². The number of nitrogens with zero attached hydrogens (tertiary/aromatic N) is 1. The Morgan fingerprint density at radius 2 is 1.90 bits per heavy atom. The van der Waals surface area contributed by atoms with Crippen molar-refractivity contribution < 1.29 is 19.6 Å². The van der Waals surface area contributed by atoms with Crippen LogP contribution in [-0.2, 0) is 4.79 Å². The van der Waals surface area contributed by atoms with Crippen LogP contribution in [0, 0.1) is 15.5 Å². The minimum Gasteiger partial charge on any atom is -0.490 e. The van der Waals surface area contributed by atoms with E-state index in [4.69, 9.17) is 4.74 Å². The van der Waals surface area contributed by atoms with Crippen molar-refractivity contribution in [3.63, 3.8) is 0 Å². The van der Waals surface area contributed by atoms with Crippen molar-refractivity contribution in [2.45, 2.75) is 33.2 Å². The van der Waals surface area contributed by atoms with Crippen LogP contribution in [0.5, 0.6) is 5.75 Å². The SMILES string of the molecule is COc1cccc(NC(C)(C)C(C)(C)C(=O)O)c1[N+](=O)[O-]. The summed E-state index contributed by atoms with van der Waals surface area (Å²) < 4.78 is 5.00. The van der Waals surface area contributed by atoms with E-state index in [1.54, 1.807) is 33.8 Å². The molecule has 1 aromatic carbocycles. The maximum absolute atomic E-state index is 11.4. The van der Waals surface area contributed by atoms with Gasteiger partial charge in [-0.2, -0.15) is 0 Å². The fraction of sp³-hybridized carbons (Fsp3) is 0.500. The Labute approximate surface area is 123 Å². The number of nitro benzene ring substituents is 1. The number of benzene rings is 1. The fourth-order valence-electron chi connectivity index (χ4n) is 1.74. The van der Waals surface area contributed by atoms with Crippen LogP contribution in [0.4, 0.5) is 11.4 Å². The molecule has 7 nitrogen and oxygen atoms in total. The standard InChI is InChI=1S/C14H20N2O5/c1-13(2,12(17)18)14(3,4)15-9-7-6-8-10(21-5)11(9)16(19)20/h6-8,15H,1-5H3,(H,17,18). The molecule has 0 aliphatic carbocycles. The molecule has 0 radical (unpaired) electrons. The summed E-state index contributed by atoms with van der Waals surface area (Å²) >= 11 is 0. The Bertz CT molecular complexity index is 566. The first kappa shape index (κ1) is 16.7. The minimum absolute atomic E-state index is 0.119. The van der Waals surface area contributed by atoms with Crippen molar-refractivity contribution in [2.24, 2.45) is 5.41 Å². The van der Waals surface area contributed by atoms with Gasteiger partial charge < -0.3 is 15.2 Å². The maximum atomic E-state index is 11.4. The molecule has 0 unspecified atom stereocenters. The predicted molar refractivity (Wildman–Crippen MR) is 78.8 cm³/mol. The van der Waals surface area contributed by atoms with Gasteiger partial charge in [-0.25, -0.2) is 0 Å². The molecular weight excluding hydrogens is 276 g/mol. The normalized spacial score (nSPS) is 11.9. The van der Waals surface area contributed by atoms with Crippen LogP contribution in [0.15, 0.2) is 18.2 Å². The average molecular weight is 296 g/mol. The second-order valence-electron chi connectivity index (χ2n) is 5.79. The predicted octanol–water partition coefficient (Wildman–Crippen LogP) is 2.90. The molecule has 0 bridgehead atoms. The van der Waals surface area contributed by atoms with E-state index in [-0.39, 0.29) is 17.1 Å². The summed E-state index contributed by atoms with van der Waals surface area (Å²) in [7, 11) is 1.35. The molecule has 0 saturated carbocycles. The summed E-state index contributed by atoms with van der Waals surface area (Å²) in [6.07, 6.45) is 0. The van der Waals surface area contributed by atoms with E-state index >= 15 is 0 Å². The van der Waals surface area contributed by atoms with Gasteiger partial charge in [0.1, 0.15) is 5.69 Å². The molecule has 2 N–H and O–H groups in total. The minimum atomic E-state index is -1.13. The number of ether oxygens (including phenoxy) is 1. The summed E-state index contributed by atoms with van der Waals surface area (Å²) in [5, 5.41) is 23.5. The van der Waals surface area contributed by atoms with Crippen molar-refractivity contribution in [3.8, 4) is 5.75 Å². The van der Waals surface area contributed by atoms with Crippen LogP contribution in [0.25, 0.3) is 0 Å². The smallest absolute Gasteiger partial charge is 0.333 e. The number of carbonyl (C=O) groups is 1. The number of rotatable bonds is 6. The van der Waals surface area contributed by atoms with Gasteiger partial charge in [-0.15, -0.1) is 0 Å². The monoisotopic (exact) mass is 296 g/mol. The van der Waals surface area contributed by atoms with Crippen molar-refractivity contribution in [1.82, 2.24) is 0 Å². The number of para-hydroxylation sites is 1. The third-order valence-corrected chi connectivity index (χ3v) is 3.95. The lowest BCUT2D eigenvalue weighted by Crippen LogP contribution is -2.50. The molecule has 0 spiro atoms. The number of nitro groups is 1. The zero-order valence-electron chi connectivity index (χ0n) is 12.8. The third kappa shape index (κ3) is 3.07. The van der Waals surface area contributed by atoms with E-state index < -0.39 is 21.8 Å². The number of hydrogen-bond donors (Lipinski definition) is 2. The van der Waals surface area contributed by atoms with Crippen LogP contribution < -0.4 is 10.1 Å². The first-order valence-corrected chi connectivity index (χ1v) is 6.37. The van der Waals surface area contributed by atoms with Gasteiger partial charge in [0, 0.05) is 5.54 Å². The van der Waals surface area contributed by atoms with Crippen molar-refractivity contribution >= 4 is 17.3 Å². The van der Waals surface area contributed by atoms with Crippen LogP contribution in [-0.4, -0.2) is 28.6 Å². The van der Waals surface area contributed by atoms with Crippen molar-refractivity contribution in [2.75, 3.05) is 12.4 Å². The number of carboxylic acid groups (broad SMARTS) is 1. The number of aliphatic carboxylic acids is 1. The van der Waals surface area contributed by atoms with Crippen LogP contribution in [0.1, 0.15) is 27.7 Å². The zero-order valence-corrected chi connectivity index (χ0v) is 12.8. The van der Waals surface area contributed by atoms with Gasteiger partial charge in [0.15, 0.2) is 5.75 Å². The summed E-state index contributed by atoms with van der Waals surface area (Å²) in [6, 6.07) is 4.62. The quantitative estimate of drug-likeness (QED) is 0.618. The van der Waals surface area contributed by atoms with Crippen LogP contribution >= 0.6 is 0 Å². The lowest BCUT2D eigenvalue weighted by molar-refractivity contribution is -0.384. The van der Waals surface area contributed by atoms with Gasteiger partial charge >= 0.3 is 11.7 Å². The Balaban J connectivity index is 3.31. The van der Waals surface area contributed by atoms with Gasteiger partial charge in [0.05, 0.1) is 17.4 Å². The van der Waals surface area contributed by atoms with E-state index in [0.29, 0.717) is 0 Å². The van der Waals surface area contributed by atoms with Gasteiger partial charge in [-0.05, 0) is 39.8 Å². The molecular formula is C14H20N2O5. The highest BCUT2D eigenvalue weighted by atomic mass is 16.6. The van der Waals surface area contributed by atoms with E-state index in [1.165, 1.54) is 19.2 Å². The molecule has 0 atom stereocenters. The van der Waals surface area contributed by atoms with Crippen LogP contribution in [0.2, 0.25) is 0 Å². The van der Waals surface area contributed by atoms with Gasteiger partial charge in [-0.3, -0.25) is 14.9 Å². The Morgan fingerprint density at radius 3 is 2.33 bits per heavy atom. The number of methoxy groups -OCH3 is 1. The topological polar surface area (TPSA) is 102 Å². The fourth-order valence-corrected chi connectivity index (χ4v) is 1.74. The number of hydrogen-bond acceptors (Lipinski definition) is 5. The summed E-state index contributed by atoms with van der Waals surface area (Å²) in [6.45, 7) is 6.50. The van der Waals surface area contributed by atoms with E-state index in [9.17, 15) is 20.0 Å². The Kier molecular flexibility index (Phi) is 4.46. The molecule has 0 aliphatic rings. The highest BCUT2D eigenvalue weighted by Crippen LogP contribution is 2.40. The van der Waals surface area contributed by atoms with Gasteiger partial charge in [0.2, 0.25) is 0 Å². The highest BCUT2D eigenvalue weighted by Gasteiger charge is 2.44. The number of nitrogens with one attached hydrogen (secondary N) is 1. The molecule has 1 rings (SSSR count). The molecule has 21 heavy (non-hydrogen) atoms. The van der Waals surface area contributed by atoms with E-state index in [0.717, 1.165) is 0 Å². The Morgan fingerprint density at radius 1 is 1.33 bits per heavy atom. The molecule has 0 fully saturated rings. The summed E-state index contributed by atoms with van der Waals surface area (Å²) in [4.78, 5) is 22.1. The number of carboxylic acids is 1. The first-order chi connectivity index (χ1) is 9.54. The van der Waals surface area contributed by atoms with E-state index in [2.05, 4.69) is 5.32 Å². The highest BCUT2D eigenvalue weighted by molar-refractivity contribution is 5.77. The second-order valence-corrected chi connectivity index (χ2v) is 5.79. The lowest BCUT2D eigenvalue weighted by Gasteiger charge is -2.39. The first-order valence-electron chi connectivity index (χ1n) is 6.37. The summed E-state index contributed by atoms with van der Waals surface area (Å²) in [5.41, 5.74) is -2.05. The maximum Gasteiger partial charge on any atom is 0.333 e. The molecule has 0 heterocycles. The molecule has 1 aromatic rings. The van der Waals surface area contributed by atoms with E-state index in [1.807, 2.05) is 0 Å². The van der Waals surface area contributed by atoms with Crippen LogP contribution in [0.3, 0.4) is 0 Å². The Hall–Kier alpha value is -2.31. The lowest BCUT2D eigenvalue weighted by atomic mass is 9.74.